The van der Waals surface area contributed by atoms with Crippen molar-refractivity contribution in [1.82, 2.24) is 4.31 Å². The largest absolute Gasteiger partial charge is 0.492 e. The Hall–Kier alpha value is -2.10. The predicted octanol–water partition coefficient (Wildman–Crippen LogP) is 2.75. The summed E-state index contributed by atoms with van der Waals surface area (Å²) in [5.74, 6) is 0.167. The summed E-state index contributed by atoms with van der Waals surface area (Å²) in [7, 11) is -4.87. The van der Waals surface area contributed by atoms with E-state index in [4.69, 9.17) is 4.74 Å². The zero-order chi connectivity index (χ0) is 20.4. The molecule has 0 radical (unpaired) electrons. The number of benzene rings is 2. The van der Waals surface area contributed by atoms with Crippen molar-refractivity contribution in [1.29, 1.82) is 0 Å². The minimum Gasteiger partial charge on any atom is -0.492 e. The lowest BCUT2D eigenvalue weighted by atomic mass is 10.1. The fraction of sp³-hybridized carbons (Fsp3) is 0.333. The highest BCUT2D eigenvalue weighted by Gasteiger charge is 2.24. The summed E-state index contributed by atoms with van der Waals surface area (Å²) >= 11 is 0. The van der Waals surface area contributed by atoms with Crippen molar-refractivity contribution in [2.75, 3.05) is 25.4 Å². The van der Waals surface area contributed by atoms with Crippen LogP contribution in [0.2, 0.25) is 0 Å². The van der Waals surface area contributed by atoms with Gasteiger partial charge in [-0.15, -0.1) is 0 Å². The summed E-state index contributed by atoms with van der Waals surface area (Å²) in [5, 5.41) is 0. The van der Waals surface area contributed by atoms with Gasteiger partial charge in [-0.2, -0.15) is 0 Å². The van der Waals surface area contributed by atoms with E-state index in [-0.39, 0.29) is 27.8 Å². The molecule has 0 bridgehead atoms. The summed E-state index contributed by atoms with van der Waals surface area (Å²) in [6.45, 7) is 5.74. The number of sulfonamides is 2. The van der Waals surface area contributed by atoms with E-state index < -0.39 is 20.0 Å². The summed E-state index contributed by atoms with van der Waals surface area (Å²) in [4.78, 5) is 0.00568. The molecule has 0 aromatic heterocycles. The SMILES string of the molecule is CCOc1ccc(NS(=O)(=O)c2ccc(C)c(C)c2)cc1S(=O)(=O)N(C)C. The second-order valence-electron chi connectivity index (χ2n) is 6.23. The van der Waals surface area contributed by atoms with Gasteiger partial charge in [-0.25, -0.2) is 21.1 Å². The summed E-state index contributed by atoms with van der Waals surface area (Å²) in [5.41, 5.74) is 1.96. The van der Waals surface area contributed by atoms with Crippen molar-refractivity contribution < 1.29 is 21.6 Å². The Labute approximate surface area is 161 Å². The molecule has 0 unspecified atom stereocenters. The highest BCUT2D eigenvalue weighted by Crippen LogP contribution is 2.30. The number of nitrogens with zero attached hydrogens (tertiary/aromatic N) is 1. The first kappa shape index (κ1) is 21.2. The molecule has 0 aliphatic carbocycles. The van der Waals surface area contributed by atoms with Gasteiger partial charge < -0.3 is 4.74 Å². The summed E-state index contributed by atoms with van der Waals surface area (Å²) in [6, 6.07) is 8.99. The molecule has 2 aromatic rings. The minimum absolute atomic E-state index is 0.102. The molecule has 0 atom stereocenters. The Morgan fingerprint density at radius 1 is 0.963 bits per heavy atom. The predicted molar refractivity (Wildman–Crippen MR) is 105 cm³/mol. The van der Waals surface area contributed by atoms with Crippen molar-refractivity contribution in [2.45, 2.75) is 30.6 Å². The average Bonchev–Trinajstić information content (AvgIpc) is 2.58. The molecule has 0 saturated heterocycles. The van der Waals surface area contributed by atoms with Gasteiger partial charge in [-0.1, -0.05) is 6.07 Å². The van der Waals surface area contributed by atoms with Crippen LogP contribution in [-0.4, -0.2) is 41.8 Å². The van der Waals surface area contributed by atoms with Crippen LogP contribution in [0.4, 0.5) is 5.69 Å². The Bertz CT molecular complexity index is 1050. The van der Waals surface area contributed by atoms with Crippen LogP contribution in [0, 0.1) is 13.8 Å². The average molecular weight is 413 g/mol. The van der Waals surface area contributed by atoms with Gasteiger partial charge in [0.05, 0.1) is 17.2 Å². The Kier molecular flexibility index (Phi) is 6.18. The van der Waals surface area contributed by atoms with E-state index in [0.717, 1.165) is 15.4 Å². The number of nitrogens with one attached hydrogen (secondary N) is 1. The van der Waals surface area contributed by atoms with Crippen LogP contribution in [0.5, 0.6) is 5.75 Å². The molecule has 0 amide bonds. The number of rotatable bonds is 7. The first-order valence-electron chi connectivity index (χ1n) is 8.28. The van der Waals surface area contributed by atoms with Gasteiger partial charge in [0.2, 0.25) is 10.0 Å². The Morgan fingerprint density at radius 2 is 1.63 bits per heavy atom. The van der Waals surface area contributed by atoms with Crippen molar-refractivity contribution in [3.05, 3.63) is 47.5 Å². The van der Waals surface area contributed by atoms with Gasteiger partial charge in [0.15, 0.2) is 0 Å². The highest BCUT2D eigenvalue weighted by atomic mass is 32.2. The van der Waals surface area contributed by atoms with E-state index >= 15 is 0 Å². The van der Waals surface area contributed by atoms with Crippen LogP contribution < -0.4 is 9.46 Å². The zero-order valence-electron chi connectivity index (χ0n) is 16.0. The van der Waals surface area contributed by atoms with Gasteiger partial charge in [-0.05, 0) is 62.2 Å². The van der Waals surface area contributed by atoms with Crippen LogP contribution in [-0.2, 0) is 20.0 Å². The van der Waals surface area contributed by atoms with Crippen LogP contribution in [0.3, 0.4) is 0 Å². The second-order valence-corrected chi connectivity index (χ2v) is 10.0. The van der Waals surface area contributed by atoms with Crippen LogP contribution >= 0.6 is 0 Å². The molecule has 9 heteroatoms. The van der Waals surface area contributed by atoms with E-state index in [1.807, 2.05) is 13.8 Å². The molecule has 0 fully saturated rings. The maximum atomic E-state index is 12.7. The third kappa shape index (κ3) is 4.60. The number of hydrogen-bond donors (Lipinski definition) is 1. The minimum atomic E-state index is -3.86. The lowest BCUT2D eigenvalue weighted by Crippen LogP contribution is -2.23. The van der Waals surface area contributed by atoms with Gasteiger partial charge >= 0.3 is 0 Å². The monoisotopic (exact) mass is 412 g/mol. The molecular formula is C18H24N2O5S2. The molecule has 0 saturated carbocycles. The third-order valence-corrected chi connectivity index (χ3v) is 7.26. The lowest BCUT2D eigenvalue weighted by Gasteiger charge is -2.17. The van der Waals surface area contributed by atoms with E-state index in [1.54, 1.807) is 19.1 Å². The van der Waals surface area contributed by atoms with Crippen LogP contribution in [0.15, 0.2) is 46.2 Å². The molecule has 27 heavy (non-hydrogen) atoms. The molecule has 0 aliphatic rings. The first-order chi connectivity index (χ1) is 12.5. The lowest BCUT2D eigenvalue weighted by molar-refractivity contribution is 0.330. The molecule has 148 valence electrons. The molecule has 0 spiro atoms. The number of aryl methyl sites for hydroxylation is 2. The number of anilines is 1. The summed E-state index contributed by atoms with van der Waals surface area (Å²) < 4.78 is 59.3. The molecule has 2 aromatic carbocycles. The molecule has 1 N–H and O–H groups in total. The third-order valence-electron chi connectivity index (χ3n) is 4.04. The van der Waals surface area contributed by atoms with Crippen molar-refractivity contribution in [2.24, 2.45) is 0 Å². The molecule has 7 nitrogen and oxygen atoms in total. The highest BCUT2D eigenvalue weighted by molar-refractivity contribution is 7.92. The second kappa shape index (κ2) is 7.87. The Morgan fingerprint density at radius 3 is 2.19 bits per heavy atom. The van der Waals surface area contributed by atoms with Gasteiger partial charge in [-0.3, -0.25) is 4.72 Å². The van der Waals surface area contributed by atoms with E-state index in [2.05, 4.69) is 4.72 Å². The zero-order valence-corrected chi connectivity index (χ0v) is 17.6. The van der Waals surface area contributed by atoms with Crippen molar-refractivity contribution in [3.8, 4) is 5.75 Å². The van der Waals surface area contributed by atoms with E-state index in [1.165, 1.54) is 38.4 Å². The summed E-state index contributed by atoms with van der Waals surface area (Å²) in [6.07, 6.45) is 0. The maximum Gasteiger partial charge on any atom is 0.261 e. The quantitative estimate of drug-likeness (QED) is 0.755. The van der Waals surface area contributed by atoms with Crippen LogP contribution in [0.25, 0.3) is 0 Å². The molecule has 0 heterocycles. The number of hydrogen-bond acceptors (Lipinski definition) is 5. The van der Waals surface area contributed by atoms with Crippen molar-refractivity contribution >= 4 is 25.7 Å². The Balaban J connectivity index is 2.49. The number of ether oxygens (including phenoxy) is 1. The fourth-order valence-electron chi connectivity index (χ4n) is 2.34. The van der Waals surface area contributed by atoms with E-state index in [9.17, 15) is 16.8 Å². The maximum absolute atomic E-state index is 12.7. The molecular weight excluding hydrogens is 388 g/mol. The topological polar surface area (TPSA) is 92.8 Å². The smallest absolute Gasteiger partial charge is 0.261 e. The normalized spacial score (nSPS) is 12.2. The molecule has 0 aliphatic heterocycles. The van der Waals surface area contributed by atoms with Gasteiger partial charge in [0, 0.05) is 14.1 Å². The van der Waals surface area contributed by atoms with Gasteiger partial charge in [0.25, 0.3) is 10.0 Å². The first-order valence-corrected chi connectivity index (χ1v) is 11.2. The van der Waals surface area contributed by atoms with E-state index in [0.29, 0.717) is 0 Å². The molecule has 2 rings (SSSR count). The van der Waals surface area contributed by atoms with Gasteiger partial charge in [0.1, 0.15) is 10.6 Å². The van der Waals surface area contributed by atoms with Crippen LogP contribution in [0.1, 0.15) is 18.1 Å². The van der Waals surface area contributed by atoms with Crippen molar-refractivity contribution in [3.63, 3.8) is 0 Å². The standard InChI is InChI=1S/C18H24N2O5S2/c1-6-25-17-10-8-15(12-18(17)27(23,24)20(4)5)19-26(21,22)16-9-7-13(2)14(3)11-16/h7-12,19H,6H2,1-5H3. The fourth-order valence-corrected chi connectivity index (χ4v) is 4.52.